The first-order chi connectivity index (χ1) is 29.3. The number of phenolic OH excluding ortho intramolecular Hbond substituents is 2. The molecule has 4 heterocycles. The van der Waals surface area contributed by atoms with Gasteiger partial charge in [0.05, 0.1) is 6.61 Å². The Hall–Kier alpha value is -6.08. The normalized spacial score (nSPS) is 27.9. The maximum Gasteiger partial charge on any atom is 0.336 e. The lowest BCUT2D eigenvalue weighted by Gasteiger charge is -2.56. The van der Waals surface area contributed by atoms with Gasteiger partial charge in [-0.2, -0.15) is 0 Å². The van der Waals surface area contributed by atoms with Crippen molar-refractivity contribution in [1.82, 2.24) is 15.6 Å². The van der Waals surface area contributed by atoms with Gasteiger partial charge in [0.1, 0.15) is 51.4 Å². The van der Waals surface area contributed by atoms with E-state index in [4.69, 9.17) is 29.1 Å². The molecule has 11 N–H and O–H groups in total. The van der Waals surface area contributed by atoms with Gasteiger partial charge in [0.2, 0.25) is 12.0 Å². The maximum absolute atomic E-state index is 14.0. The van der Waals surface area contributed by atoms with Crippen LogP contribution in [0.3, 0.4) is 0 Å². The summed E-state index contributed by atoms with van der Waals surface area (Å²) in [7, 11) is 0. The molecule has 1 saturated carbocycles. The van der Waals surface area contributed by atoms with Crippen LogP contribution in [-0.2, 0) is 21.6 Å². The van der Waals surface area contributed by atoms with E-state index in [0.29, 0.717) is 74.6 Å². The van der Waals surface area contributed by atoms with Crippen LogP contribution in [0.25, 0.3) is 22.3 Å². The molecule has 2 bridgehead atoms. The number of aliphatic carboxylic acids is 1. The first kappa shape index (κ1) is 40.3. The molecule has 2 aliphatic carbocycles. The Bertz CT molecular complexity index is 2540. The van der Waals surface area contributed by atoms with Gasteiger partial charge in [-0.15, -0.1) is 0 Å². The Morgan fingerprint density at radius 2 is 1.79 bits per heavy atom. The van der Waals surface area contributed by atoms with Crippen molar-refractivity contribution in [3.8, 4) is 40.1 Å². The smallest absolute Gasteiger partial charge is 0.336 e. The third-order valence-electron chi connectivity index (χ3n) is 12.3. The molecule has 7 unspecified atom stereocenters. The minimum atomic E-state index is -2.54. The summed E-state index contributed by atoms with van der Waals surface area (Å²) in [6, 6.07) is 18.9. The van der Waals surface area contributed by atoms with Crippen molar-refractivity contribution in [3.05, 3.63) is 106 Å². The van der Waals surface area contributed by atoms with Crippen LogP contribution in [0.5, 0.6) is 28.7 Å². The number of aromatic amines is 1. The molecule has 5 aromatic rings. The average molecular weight is 839 g/mol. The van der Waals surface area contributed by atoms with Crippen molar-refractivity contribution in [3.63, 3.8) is 0 Å². The summed E-state index contributed by atoms with van der Waals surface area (Å²) in [5.74, 6) is -2.81. The van der Waals surface area contributed by atoms with Crippen molar-refractivity contribution in [2.45, 2.75) is 73.4 Å². The van der Waals surface area contributed by atoms with Gasteiger partial charge in [-0.05, 0) is 85.9 Å². The quantitative estimate of drug-likeness (QED) is 0.0809. The fourth-order valence-electron chi connectivity index (χ4n) is 9.20. The van der Waals surface area contributed by atoms with Gasteiger partial charge in [0.25, 0.3) is 0 Å². The number of hydrogen-bond donors (Lipinski definition) is 10. The number of hydrogen-bond acceptors (Lipinski definition) is 15. The standard InChI is InChI=1S/C44H46N4O13/c45-34-11-8-25(48-34)13-17-57-27-9-6-23(7-10-27)31-19-30(50)35-32(58-31)20-33(37(36(35)51)61-42(14-1-2-15-42)24-4-3-5-26(49)18-24)59-41-43(55)16-12-28(29-21-46-22-47-29)44(56,40(43)54)38(60-41)39(52)53/h3-12,16,18-20,28-29,38,40-41,46-49,51,54-56H,1-2,13-15,17,21-22,45H2,(H,52,53). The molecule has 9 rings (SSSR count). The second kappa shape index (κ2) is 15.4. The molecule has 0 radical (unpaired) electrons. The second-order valence-corrected chi connectivity index (χ2v) is 16.1. The number of H-pyrrole nitrogens is 1. The van der Waals surface area contributed by atoms with Crippen molar-refractivity contribution in [1.29, 1.82) is 0 Å². The van der Waals surface area contributed by atoms with E-state index < -0.39 is 64.4 Å². The zero-order valence-corrected chi connectivity index (χ0v) is 32.7. The summed E-state index contributed by atoms with van der Waals surface area (Å²) in [5.41, 5.74) is 0.743. The van der Waals surface area contributed by atoms with E-state index in [9.17, 15) is 40.2 Å². The van der Waals surface area contributed by atoms with E-state index in [1.54, 1.807) is 48.5 Å². The van der Waals surface area contributed by atoms with E-state index in [1.807, 2.05) is 6.07 Å². The first-order valence-corrected chi connectivity index (χ1v) is 20.1. The zero-order valence-electron chi connectivity index (χ0n) is 32.7. The fourth-order valence-corrected chi connectivity index (χ4v) is 9.20. The summed E-state index contributed by atoms with van der Waals surface area (Å²) < 4.78 is 31.1. The highest BCUT2D eigenvalue weighted by molar-refractivity contribution is 5.89. The number of rotatable bonds is 12. The topological polar surface area (TPSA) is 271 Å². The number of aliphatic hydroxyl groups excluding tert-OH is 1. The Balaban J connectivity index is 1.11. The molecule has 7 atom stereocenters. The van der Waals surface area contributed by atoms with Crippen LogP contribution >= 0.6 is 0 Å². The molecule has 4 aliphatic rings. The number of carboxylic acids is 1. The second-order valence-electron chi connectivity index (χ2n) is 16.1. The third-order valence-corrected chi connectivity index (χ3v) is 12.3. The molecule has 0 amide bonds. The fraction of sp³-hybridized carbons (Fsp3) is 0.364. The Morgan fingerprint density at radius 1 is 1.00 bits per heavy atom. The van der Waals surface area contributed by atoms with Crippen LogP contribution in [0.2, 0.25) is 0 Å². The van der Waals surface area contributed by atoms with Crippen molar-refractivity contribution in [2.24, 2.45) is 5.92 Å². The van der Waals surface area contributed by atoms with Gasteiger partial charge in [-0.3, -0.25) is 10.1 Å². The molecule has 2 saturated heterocycles. The highest BCUT2D eigenvalue weighted by Gasteiger charge is 2.70. The zero-order chi connectivity index (χ0) is 42.7. The average Bonchev–Trinajstić information content (AvgIpc) is 4.03. The number of anilines is 1. The number of nitrogen functional groups attached to an aromatic ring is 1. The lowest BCUT2D eigenvalue weighted by Crippen LogP contribution is -2.79. The monoisotopic (exact) mass is 838 g/mol. The van der Waals surface area contributed by atoms with Gasteiger partial charge in [-0.1, -0.05) is 18.2 Å². The molecule has 3 fully saturated rings. The number of nitrogens with two attached hydrogens (primary N) is 1. The Morgan fingerprint density at radius 3 is 2.48 bits per heavy atom. The number of benzene rings is 3. The molecule has 17 nitrogen and oxygen atoms in total. The summed E-state index contributed by atoms with van der Waals surface area (Å²) >= 11 is 0. The molecule has 320 valence electrons. The summed E-state index contributed by atoms with van der Waals surface area (Å²) in [6.07, 6.45) is -0.750. The number of phenols is 2. The number of aliphatic hydroxyl groups is 3. The predicted molar refractivity (Wildman–Crippen MR) is 218 cm³/mol. The van der Waals surface area contributed by atoms with Gasteiger partial charge in [0, 0.05) is 55.0 Å². The van der Waals surface area contributed by atoms with Crippen LogP contribution in [0, 0.1) is 5.92 Å². The van der Waals surface area contributed by atoms with Gasteiger partial charge < -0.3 is 70.0 Å². The number of aromatic hydroxyl groups is 2. The Labute approximate surface area is 348 Å². The van der Waals surface area contributed by atoms with E-state index in [2.05, 4.69) is 15.6 Å². The van der Waals surface area contributed by atoms with Gasteiger partial charge in [0.15, 0.2) is 28.6 Å². The number of aromatic nitrogens is 1. The van der Waals surface area contributed by atoms with Gasteiger partial charge >= 0.3 is 5.97 Å². The number of ether oxygens (including phenoxy) is 4. The number of carboxylic acid groups (broad SMARTS) is 1. The Kier molecular flexibility index (Phi) is 10.2. The number of nitrogens with one attached hydrogen (secondary N) is 3. The predicted octanol–water partition coefficient (Wildman–Crippen LogP) is 2.97. The molecule has 61 heavy (non-hydrogen) atoms. The third kappa shape index (κ3) is 7.02. The molecule has 17 heteroatoms. The van der Waals surface area contributed by atoms with Crippen LogP contribution in [-0.4, -0.2) is 97.2 Å². The van der Waals surface area contributed by atoms with Crippen LogP contribution in [0.1, 0.15) is 36.9 Å². The van der Waals surface area contributed by atoms with Crippen LogP contribution in [0.15, 0.2) is 94.2 Å². The first-order valence-electron chi connectivity index (χ1n) is 20.1. The van der Waals surface area contributed by atoms with Crippen LogP contribution in [0.4, 0.5) is 5.82 Å². The highest BCUT2D eigenvalue weighted by Crippen LogP contribution is 2.53. The molecule has 3 aromatic carbocycles. The van der Waals surface area contributed by atoms with Crippen molar-refractivity contribution < 1.29 is 58.8 Å². The molecule has 0 spiro atoms. The lowest BCUT2D eigenvalue weighted by atomic mass is 9.63. The van der Waals surface area contributed by atoms with E-state index in [-0.39, 0.29) is 34.0 Å². The van der Waals surface area contributed by atoms with Crippen LogP contribution < -0.4 is 36.0 Å². The van der Waals surface area contributed by atoms with Crippen molar-refractivity contribution in [2.75, 3.05) is 25.6 Å². The summed E-state index contributed by atoms with van der Waals surface area (Å²) in [4.78, 5) is 29.8. The summed E-state index contributed by atoms with van der Waals surface area (Å²) in [6.45, 7) is 1.08. The number of carbonyl (C=O) groups is 1. The molecular weight excluding hydrogens is 792 g/mol. The summed E-state index contributed by atoms with van der Waals surface area (Å²) in [5, 5.41) is 74.7. The highest BCUT2D eigenvalue weighted by atomic mass is 16.7. The molecule has 2 aromatic heterocycles. The molecular formula is C44H46N4O13. The largest absolute Gasteiger partial charge is 0.508 e. The number of fused-ring (bicyclic) bond motifs is 3. The van der Waals surface area contributed by atoms with E-state index >= 15 is 0 Å². The van der Waals surface area contributed by atoms with E-state index in [0.717, 1.165) is 5.69 Å². The lowest BCUT2D eigenvalue weighted by molar-refractivity contribution is -0.342. The van der Waals surface area contributed by atoms with Gasteiger partial charge in [-0.25, -0.2) is 4.79 Å². The minimum Gasteiger partial charge on any atom is -0.508 e. The van der Waals surface area contributed by atoms with E-state index in [1.165, 1.54) is 30.4 Å². The maximum atomic E-state index is 14.0. The SMILES string of the molecule is Nc1ccc(CCOc2ccc(-c3cc(=O)c4c(O)c(OC5(c6cccc(O)c6)CCCC5)c(OC5OC(C(=O)O)C6(O)C(C7CNCN7)C=CC5(O)C6O)cc4o3)cc2)[nH]1. The minimum absolute atomic E-state index is 0.0217. The molecule has 2 aliphatic heterocycles. The van der Waals surface area contributed by atoms with Crippen molar-refractivity contribution >= 4 is 22.8 Å².